The Morgan fingerprint density at radius 3 is 2.35 bits per heavy atom. The molecule has 1 heterocycles. The second-order valence-electron chi connectivity index (χ2n) is 6.10. The Labute approximate surface area is 117 Å². The molecule has 0 N–H and O–H groups in total. The molecular formula is C16H17NO3. The summed E-state index contributed by atoms with van der Waals surface area (Å²) >= 11 is 0. The summed E-state index contributed by atoms with van der Waals surface area (Å²) < 4.78 is 5.18. The van der Waals surface area contributed by atoms with Crippen LogP contribution in [0.25, 0.3) is 0 Å². The third-order valence-corrected chi connectivity index (χ3v) is 5.24. The lowest BCUT2D eigenvalue weighted by molar-refractivity contribution is -0.123. The highest BCUT2D eigenvalue weighted by Crippen LogP contribution is 2.56. The van der Waals surface area contributed by atoms with Crippen LogP contribution in [0.1, 0.15) is 19.3 Å². The largest absolute Gasteiger partial charge is 0.497 e. The number of amides is 2. The van der Waals surface area contributed by atoms with Crippen LogP contribution in [-0.4, -0.2) is 18.9 Å². The summed E-state index contributed by atoms with van der Waals surface area (Å²) in [4.78, 5) is 26.7. The predicted octanol–water partition coefficient (Wildman–Crippen LogP) is 2.23. The molecule has 1 saturated heterocycles. The van der Waals surface area contributed by atoms with Gasteiger partial charge in [-0.2, -0.15) is 0 Å². The minimum absolute atomic E-state index is 0.000420. The normalized spacial score (nSPS) is 34.8. The molecule has 0 aromatic heterocycles. The first-order chi connectivity index (χ1) is 9.70. The zero-order chi connectivity index (χ0) is 13.9. The molecule has 2 saturated carbocycles. The number of rotatable bonds is 2. The third-order valence-electron chi connectivity index (χ3n) is 5.24. The number of ether oxygens (including phenoxy) is 1. The topological polar surface area (TPSA) is 46.6 Å². The maximum absolute atomic E-state index is 12.7. The van der Waals surface area contributed by atoms with Crippen molar-refractivity contribution in [2.24, 2.45) is 23.7 Å². The van der Waals surface area contributed by atoms with Crippen LogP contribution in [0.3, 0.4) is 0 Å². The Morgan fingerprint density at radius 1 is 1.10 bits per heavy atom. The van der Waals surface area contributed by atoms with Crippen molar-refractivity contribution in [2.45, 2.75) is 19.3 Å². The van der Waals surface area contributed by atoms with Crippen molar-refractivity contribution in [1.29, 1.82) is 0 Å². The van der Waals surface area contributed by atoms with Gasteiger partial charge < -0.3 is 4.74 Å². The molecule has 2 amide bonds. The highest BCUT2D eigenvalue weighted by Gasteiger charge is 2.61. The fourth-order valence-corrected chi connectivity index (χ4v) is 4.41. The van der Waals surface area contributed by atoms with Crippen molar-refractivity contribution in [2.75, 3.05) is 12.0 Å². The van der Waals surface area contributed by atoms with Gasteiger partial charge in [-0.25, -0.2) is 4.90 Å². The smallest absolute Gasteiger partial charge is 0.237 e. The Bertz CT molecular complexity index is 569. The summed E-state index contributed by atoms with van der Waals surface area (Å²) in [5.74, 6) is 1.40. The summed E-state index contributed by atoms with van der Waals surface area (Å²) in [5, 5.41) is 0. The molecule has 4 atom stereocenters. The molecule has 4 nitrogen and oxygen atoms in total. The average molecular weight is 271 g/mol. The van der Waals surface area contributed by atoms with Crippen LogP contribution in [0.4, 0.5) is 5.69 Å². The molecule has 1 aromatic rings. The van der Waals surface area contributed by atoms with Gasteiger partial charge in [0.05, 0.1) is 24.6 Å². The van der Waals surface area contributed by atoms with Gasteiger partial charge in [0.2, 0.25) is 11.8 Å². The maximum Gasteiger partial charge on any atom is 0.237 e. The Hall–Kier alpha value is -1.84. The number of fused-ring (bicyclic) bond motifs is 5. The van der Waals surface area contributed by atoms with Crippen LogP contribution in [0, 0.1) is 23.7 Å². The summed E-state index contributed by atoms with van der Waals surface area (Å²) in [7, 11) is 1.59. The van der Waals surface area contributed by atoms with E-state index in [9.17, 15) is 9.59 Å². The van der Waals surface area contributed by atoms with Gasteiger partial charge in [0, 0.05) is 6.07 Å². The predicted molar refractivity (Wildman–Crippen MR) is 73.3 cm³/mol. The summed E-state index contributed by atoms with van der Waals surface area (Å²) in [6.45, 7) is 0. The van der Waals surface area contributed by atoms with Gasteiger partial charge >= 0.3 is 0 Å². The van der Waals surface area contributed by atoms with Crippen LogP contribution in [0.15, 0.2) is 24.3 Å². The molecule has 2 aliphatic carbocycles. The van der Waals surface area contributed by atoms with Gasteiger partial charge in [0.25, 0.3) is 0 Å². The highest BCUT2D eigenvalue weighted by molar-refractivity contribution is 6.22. The van der Waals surface area contributed by atoms with Crippen LogP contribution < -0.4 is 9.64 Å². The van der Waals surface area contributed by atoms with E-state index in [4.69, 9.17) is 4.74 Å². The number of hydrogen-bond donors (Lipinski definition) is 0. The van der Waals surface area contributed by atoms with Crippen LogP contribution in [-0.2, 0) is 9.59 Å². The monoisotopic (exact) mass is 271 g/mol. The maximum atomic E-state index is 12.7. The number of methoxy groups -OCH3 is 1. The van der Waals surface area contributed by atoms with Gasteiger partial charge in [0.1, 0.15) is 5.75 Å². The zero-order valence-corrected chi connectivity index (χ0v) is 11.4. The number of hydrogen-bond acceptors (Lipinski definition) is 3. The van der Waals surface area contributed by atoms with E-state index in [1.54, 1.807) is 19.2 Å². The lowest BCUT2D eigenvalue weighted by Crippen LogP contribution is -2.32. The van der Waals surface area contributed by atoms with E-state index in [2.05, 4.69) is 0 Å². The molecule has 1 aromatic carbocycles. The molecule has 0 spiro atoms. The van der Waals surface area contributed by atoms with Crippen molar-refractivity contribution in [3.8, 4) is 5.75 Å². The van der Waals surface area contributed by atoms with Crippen molar-refractivity contribution < 1.29 is 14.3 Å². The molecular weight excluding hydrogens is 254 g/mol. The molecule has 3 aliphatic rings. The summed E-state index contributed by atoms with van der Waals surface area (Å²) in [6, 6.07) is 7.20. The first-order valence-corrected chi connectivity index (χ1v) is 7.22. The molecule has 20 heavy (non-hydrogen) atoms. The van der Waals surface area contributed by atoms with Gasteiger partial charge in [0.15, 0.2) is 0 Å². The quantitative estimate of drug-likeness (QED) is 0.775. The van der Waals surface area contributed by atoms with Crippen LogP contribution >= 0.6 is 0 Å². The van der Waals surface area contributed by atoms with E-state index >= 15 is 0 Å². The molecule has 4 rings (SSSR count). The Kier molecular flexibility index (Phi) is 2.43. The van der Waals surface area contributed by atoms with Gasteiger partial charge in [-0.05, 0) is 43.2 Å². The molecule has 0 unspecified atom stereocenters. The van der Waals surface area contributed by atoms with Gasteiger partial charge in [-0.15, -0.1) is 0 Å². The first kappa shape index (κ1) is 11.9. The molecule has 2 bridgehead atoms. The highest BCUT2D eigenvalue weighted by atomic mass is 16.5. The number of carbonyl (C=O) groups is 2. The molecule has 3 fully saturated rings. The Morgan fingerprint density at radius 2 is 1.75 bits per heavy atom. The number of nitrogens with zero attached hydrogens (tertiary/aromatic N) is 1. The van der Waals surface area contributed by atoms with Gasteiger partial charge in [-0.3, -0.25) is 9.59 Å². The van der Waals surface area contributed by atoms with Crippen LogP contribution in [0.2, 0.25) is 0 Å². The standard InChI is InChI=1S/C16H17NO3/c1-20-12-4-2-3-11(8-12)17-15(18)13-9-5-6-10(7-9)14(13)16(17)19/h2-4,8-10,13-14H,5-7H2,1H3/t9-,10-,13-,14+/m0/s1. The van der Waals surface area contributed by atoms with Crippen molar-refractivity contribution in [1.82, 2.24) is 0 Å². The van der Waals surface area contributed by atoms with E-state index in [1.165, 1.54) is 4.90 Å². The second-order valence-corrected chi connectivity index (χ2v) is 6.10. The average Bonchev–Trinajstić information content (AvgIpc) is 3.13. The fraction of sp³-hybridized carbons (Fsp3) is 0.500. The van der Waals surface area contributed by atoms with E-state index in [0.29, 0.717) is 23.3 Å². The minimum Gasteiger partial charge on any atom is -0.497 e. The second kappa shape index (κ2) is 4.08. The summed E-state index contributed by atoms with van der Waals surface area (Å²) in [5.41, 5.74) is 0.646. The fourth-order valence-electron chi connectivity index (χ4n) is 4.41. The van der Waals surface area contributed by atoms with E-state index in [0.717, 1.165) is 19.3 Å². The lowest BCUT2D eigenvalue weighted by Gasteiger charge is -2.19. The molecule has 0 radical (unpaired) electrons. The van der Waals surface area contributed by atoms with Crippen molar-refractivity contribution >= 4 is 17.5 Å². The minimum atomic E-state index is -0.0625. The Balaban J connectivity index is 1.73. The van der Waals surface area contributed by atoms with E-state index in [1.807, 2.05) is 12.1 Å². The molecule has 104 valence electrons. The van der Waals surface area contributed by atoms with Gasteiger partial charge in [-0.1, -0.05) is 6.07 Å². The van der Waals surface area contributed by atoms with Crippen molar-refractivity contribution in [3.63, 3.8) is 0 Å². The SMILES string of the molecule is COc1cccc(N2C(=O)[C@@H]3[C@H]4CC[C@@H](C4)[C@@H]3C2=O)c1. The molecule has 1 aliphatic heterocycles. The third kappa shape index (κ3) is 1.42. The molecule has 4 heteroatoms. The van der Waals surface area contributed by atoms with E-state index < -0.39 is 0 Å². The zero-order valence-electron chi connectivity index (χ0n) is 11.4. The number of carbonyl (C=O) groups excluding carboxylic acids is 2. The first-order valence-electron chi connectivity index (χ1n) is 7.22. The van der Waals surface area contributed by atoms with Crippen molar-refractivity contribution in [3.05, 3.63) is 24.3 Å². The summed E-state index contributed by atoms with van der Waals surface area (Å²) in [6.07, 6.45) is 3.28. The number of anilines is 1. The number of imide groups is 1. The number of benzene rings is 1. The van der Waals surface area contributed by atoms with Crippen LogP contribution in [0.5, 0.6) is 5.75 Å². The lowest BCUT2D eigenvalue weighted by atomic mass is 9.81. The van der Waals surface area contributed by atoms with E-state index in [-0.39, 0.29) is 23.7 Å².